The number of carboxylic acids is 1. The molecule has 6 nitrogen and oxygen atoms in total. The summed E-state index contributed by atoms with van der Waals surface area (Å²) >= 11 is 0. The Hall–Kier alpha value is -1.44. The van der Waals surface area contributed by atoms with Crippen molar-refractivity contribution >= 4 is 16.0 Å². The van der Waals surface area contributed by atoms with Crippen LogP contribution < -0.4 is 0 Å². The van der Waals surface area contributed by atoms with Crippen molar-refractivity contribution in [1.29, 1.82) is 0 Å². The fourth-order valence-electron chi connectivity index (χ4n) is 2.84. The Bertz CT molecular complexity index is 626. The molecule has 0 aliphatic carbocycles. The van der Waals surface area contributed by atoms with Gasteiger partial charge in [0.25, 0.3) is 0 Å². The molecule has 1 aromatic rings. The Morgan fingerprint density at radius 1 is 1.36 bits per heavy atom. The van der Waals surface area contributed by atoms with Crippen LogP contribution in [0.4, 0.5) is 0 Å². The second kappa shape index (κ2) is 6.76. The van der Waals surface area contributed by atoms with Crippen LogP contribution in [0, 0.1) is 5.92 Å². The molecule has 0 aromatic heterocycles. The third-order valence-corrected chi connectivity index (χ3v) is 6.09. The predicted octanol–water partition coefficient (Wildman–Crippen LogP) is 1.71. The smallest absolute Gasteiger partial charge is 0.308 e. The largest absolute Gasteiger partial charge is 0.481 e. The number of benzene rings is 1. The van der Waals surface area contributed by atoms with E-state index in [-0.39, 0.29) is 4.90 Å². The summed E-state index contributed by atoms with van der Waals surface area (Å²) in [6, 6.07) is 5.95. The zero-order valence-corrected chi connectivity index (χ0v) is 13.5. The number of methoxy groups -OCH3 is 1. The van der Waals surface area contributed by atoms with Gasteiger partial charge in [0.15, 0.2) is 0 Å². The second-order valence-corrected chi connectivity index (χ2v) is 7.41. The van der Waals surface area contributed by atoms with E-state index in [1.165, 1.54) is 4.31 Å². The molecule has 1 heterocycles. The van der Waals surface area contributed by atoms with Gasteiger partial charge >= 0.3 is 5.97 Å². The molecule has 0 amide bonds. The highest BCUT2D eigenvalue weighted by Crippen LogP contribution is 2.29. The molecule has 0 unspecified atom stereocenters. The second-order valence-electron chi connectivity index (χ2n) is 5.52. The summed E-state index contributed by atoms with van der Waals surface area (Å²) in [7, 11) is -2.10. The summed E-state index contributed by atoms with van der Waals surface area (Å²) in [4.78, 5) is 11.4. The number of rotatable bonds is 5. The first-order valence-electron chi connectivity index (χ1n) is 7.20. The Labute approximate surface area is 130 Å². The van der Waals surface area contributed by atoms with Crippen LogP contribution in [0.2, 0.25) is 0 Å². The maximum absolute atomic E-state index is 12.7. The first-order chi connectivity index (χ1) is 10.4. The summed E-state index contributed by atoms with van der Waals surface area (Å²) in [5.74, 6) is -1.60. The predicted molar refractivity (Wildman–Crippen MR) is 80.9 cm³/mol. The van der Waals surface area contributed by atoms with Gasteiger partial charge in [0, 0.05) is 19.7 Å². The number of aliphatic carboxylic acids is 1. The highest BCUT2D eigenvalue weighted by atomic mass is 32.2. The van der Waals surface area contributed by atoms with E-state index in [0.717, 1.165) is 5.56 Å². The standard InChI is InChI=1S/C15H21NO5S/c1-11-14(15(17)18)4-3-9-16(11)22(19,20)13-7-5-12(6-8-13)10-21-2/h5-8,11,14H,3-4,9-10H2,1-2H3,(H,17,18)/t11-,14-/m0/s1. The highest BCUT2D eigenvalue weighted by molar-refractivity contribution is 7.89. The van der Waals surface area contributed by atoms with E-state index >= 15 is 0 Å². The molecule has 0 radical (unpaired) electrons. The average Bonchev–Trinajstić information content (AvgIpc) is 2.48. The molecule has 1 N–H and O–H groups in total. The zero-order valence-electron chi connectivity index (χ0n) is 12.7. The van der Waals surface area contributed by atoms with Crippen LogP contribution in [-0.4, -0.2) is 43.5 Å². The van der Waals surface area contributed by atoms with Crippen molar-refractivity contribution in [2.24, 2.45) is 5.92 Å². The summed E-state index contributed by atoms with van der Waals surface area (Å²) in [6.45, 7) is 2.43. The Kier molecular flexibility index (Phi) is 5.20. The lowest BCUT2D eigenvalue weighted by atomic mass is 9.92. The van der Waals surface area contributed by atoms with Gasteiger partial charge in [0.05, 0.1) is 17.4 Å². The molecule has 7 heteroatoms. The number of sulfonamides is 1. The summed E-state index contributed by atoms with van der Waals surface area (Å²) in [6.07, 6.45) is 1.07. The number of hydrogen-bond donors (Lipinski definition) is 1. The van der Waals surface area contributed by atoms with Crippen LogP contribution in [0.25, 0.3) is 0 Å². The Balaban J connectivity index is 2.27. The highest BCUT2D eigenvalue weighted by Gasteiger charge is 2.39. The van der Waals surface area contributed by atoms with Crippen molar-refractivity contribution in [2.45, 2.75) is 37.3 Å². The first kappa shape index (κ1) is 16.9. The molecule has 122 valence electrons. The molecule has 0 spiro atoms. The minimum Gasteiger partial charge on any atom is -0.481 e. The van der Waals surface area contributed by atoms with Crippen molar-refractivity contribution in [3.8, 4) is 0 Å². The zero-order chi connectivity index (χ0) is 16.3. The normalized spacial score (nSPS) is 23.4. The fourth-order valence-corrected chi connectivity index (χ4v) is 4.55. The summed E-state index contributed by atoms with van der Waals surface area (Å²) in [5.41, 5.74) is 0.886. The van der Waals surface area contributed by atoms with Crippen molar-refractivity contribution in [1.82, 2.24) is 4.31 Å². The van der Waals surface area contributed by atoms with E-state index in [4.69, 9.17) is 4.74 Å². The number of piperidine rings is 1. The topological polar surface area (TPSA) is 83.9 Å². The minimum atomic E-state index is -3.68. The lowest BCUT2D eigenvalue weighted by molar-refractivity contribution is -0.144. The van der Waals surface area contributed by atoms with Crippen LogP contribution in [0.5, 0.6) is 0 Å². The van der Waals surface area contributed by atoms with E-state index in [1.807, 2.05) is 0 Å². The van der Waals surface area contributed by atoms with Gasteiger partial charge in [0.2, 0.25) is 10.0 Å². The molecule has 1 aliphatic heterocycles. The number of carboxylic acid groups (broad SMARTS) is 1. The summed E-state index contributed by atoms with van der Waals surface area (Å²) < 4.78 is 31.8. The lowest BCUT2D eigenvalue weighted by Crippen LogP contribution is -2.48. The SMILES string of the molecule is COCc1ccc(S(=O)(=O)N2CCC[C@H](C(=O)O)[C@@H]2C)cc1. The molecule has 22 heavy (non-hydrogen) atoms. The van der Waals surface area contributed by atoms with Gasteiger partial charge < -0.3 is 9.84 Å². The van der Waals surface area contributed by atoms with Gasteiger partial charge in [-0.1, -0.05) is 12.1 Å². The van der Waals surface area contributed by atoms with E-state index in [2.05, 4.69) is 0 Å². The van der Waals surface area contributed by atoms with Crippen LogP contribution in [0.15, 0.2) is 29.2 Å². The maximum Gasteiger partial charge on any atom is 0.308 e. The van der Waals surface area contributed by atoms with E-state index in [9.17, 15) is 18.3 Å². The van der Waals surface area contributed by atoms with Gasteiger partial charge in [0.1, 0.15) is 0 Å². The third-order valence-electron chi connectivity index (χ3n) is 4.09. The molecule has 2 atom stereocenters. The summed E-state index contributed by atoms with van der Waals surface area (Å²) in [5, 5.41) is 9.22. The van der Waals surface area contributed by atoms with Crippen LogP contribution in [0.1, 0.15) is 25.3 Å². The van der Waals surface area contributed by atoms with Crippen molar-refractivity contribution in [3.05, 3.63) is 29.8 Å². The van der Waals surface area contributed by atoms with Crippen molar-refractivity contribution in [2.75, 3.05) is 13.7 Å². The third kappa shape index (κ3) is 3.31. The molecule has 1 fully saturated rings. The molecular formula is C15H21NO5S. The van der Waals surface area contributed by atoms with Crippen LogP contribution in [0.3, 0.4) is 0 Å². The van der Waals surface area contributed by atoms with E-state index in [1.54, 1.807) is 38.3 Å². The van der Waals surface area contributed by atoms with Crippen molar-refractivity contribution in [3.63, 3.8) is 0 Å². The van der Waals surface area contributed by atoms with E-state index in [0.29, 0.717) is 26.0 Å². The monoisotopic (exact) mass is 327 g/mol. The average molecular weight is 327 g/mol. The van der Waals surface area contributed by atoms with Crippen LogP contribution in [-0.2, 0) is 26.2 Å². The molecule has 0 saturated carbocycles. The van der Waals surface area contributed by atoms with Gasteiger partial charge in [-0.25, -0.2) is 8.42 Å². The molecule has 1 aliphatic rings. The van der Waals surface area contributed by atoms with Gasteiger partial charge in [-0.15, -0.1) is 0 Å². The quantitative estimate of drug-likeness (QED) is 0.890. The number of hydrogen-bond acceptors (Lipinski definition) is 4. The maximum atomic E-state index is 12.7. The Morgan fingerprint density at radius 2 is 2.00 bits per heavy atom. The number of ether oxygens (including phenoxy) is 1. The van der Waals surface area contributed by atoms with Gasteiger partial charge in [-0.2, -0.15) is 4.31 Å². The van der Waals surface area contributed by atoms with E-state index < -0.39 is 28.0 Å². The fraction of sp³-hybridized carbons (Fsp3) is 0.533. The molecule has 1 saturated heterocycles. The molecule has 2 rings (SSSR count). The first-order valence-corrected chi connectivity index (χ1v) is 8.64. The number of carbonyl (C=O) groups is 1. The Morgan fingerprint density at radius 3 is 2.55 bits per heavy atom. The lowest BCUT2D eigenvalue weighted by Gasteiger charge is -2.36. The number of nitrogens with zero attached hydrogens (tertiary/aromatic N) is 1. The van der Waals surface area contributed by atoms with Gasteiger partial charge in [-0.05, 0) is 37.5 Å². The molecule has 1 aromatic carbocycles. The minimum absolute atomic E-state index is 0.185. The molecule has 0 bridgehead atoms. The van der Waals surface area contributed by atoms with Crippen molar-refractivity contribution < 1.29 is 23.1 Å². The van der Waals surface area contributed by atoms with Crippen LogP contribution >= 0.6 is 0 Å². The molecular weight excluding hydrogens is 306 g/mol. The van der Waals surface area contributed by atoms with Gasteiger partial charge in [-0.3, -0.25) is 4.79 Å².